The van der Waals surface area contributed by atoms with Crippen LogP contribution in [0.1, 0.15) is 47.5 Å². The van der Waals surface area contributed by atoms with E-state index in [-0.39, 0.29) is 30.8 Å². The van der Waals surface area contributed by atoms with Gasteiger partial charge in [-0.2, -0.15) is 0 Å². The molecule has 0 heterocycles. The van der Waals surface area contributed by atoms with E-state index in [0.717, 1.165) is 0 Å². The van der Waals surface area contributed by atoms with E-state index >= 15 is 0 Å². The molecular weight excluding hydrogens is 234 g/mol. The summed E-state index contributed by atoms with van der Waals surface area (Å²) in [5.41, 5.74) is -0.721. The van der Waals surface area contributed by atoms with Crippen molar-refractivity contribution in [3.05, 3.63) is 0 Å². The van der Waals surface area contributed by atoms with Gasteiger partial charge < -0.3 is 15.2 Å². The highest BCUT2D eigenvalue weighted by molar-refractivity contribution is 5.78. The lowest BCUT2D eigenvalue weighted by molar-refractivity contribution is -0.139. The SMILES string of the molecule is CC(C)OCCC(=O)NC(C)(CC(=O)O)C(C)C. The molecule has 0 aliphatic rings. The van der Waals surface area contributed by atoms with Crippen molar-refractivity contribution >= 4 is 11.9 Å². The molecule has 0 fully saturated rings. The third kappa shape index (κ3) is 6.59. The first-order valence-electron chi connectivity index (χ1n) is 6.31. The van der Waals surface area contributed by atoms with Crippen LogP contribution in [0.25, 0.3) is 0 Å². The molecule has 0 saturated heterocycles. The number of rotatable bonds is 8. The fourth-order valence-corrected chi connectivity index (χ4v) is 1.48. The normalized spacial score (nSPS) is 14.6. The van der Waals surface area contributed by atoms with Crippen LogP contribution in [0.4, 0.5) is 0 Å². The van der Waals surface area contributed by atoms with Gasteiger partial charge in [0.05, 0.1) is 19.1 Å². The Hall–Kier alpha value is -1.10. The molecule has 1 amide bonds. The molecule has 2 N–H and O–H groups in total. The molecule has 5 nitrogen and oxygen atoms in total. The van der Waals surface area contributed by atoms with Gasteiger partial charge in [-0.15, -0.1) is 0 Å². The van der Waals surface area contributed by atoms with E-state index in [1.54, 1.807) is 6.92 Å². The first-order valence-corrected chi connectivity index (χ1v) is 6.31. The Balaban J connectivity index is 4.32. The largest absolute Gasteiger partial charge is 0.481 e. The van der Waals surface area contributed by atoms with E-state index in [1.807, 2.05) is 27.7 Å². The predicted molar refractivity (Wildman–Crippen MR) is 69.3 cm³/mol. The number of carbonyl (C=O) groups is 2. The number of aliphatic carboxylic acids is 1. The zero-order valence-corrected chi connectivity index (χ0v) is 11.9. The van der Waals surface area contributed by atoms with E-state index in [0.29, 0.717) is 6.61 Å². The van der Waals surface area contributed by atoms with Crippen molar-refractivity contribution in [2.45, 2.75) is 59.1 Å². The summed E-state index contributed by atoms with van der Waals surface area (Å²) in [6, 6.07) is 0. The van der Waals surface area contributed by atoms with Crippen LogP contribution >= 0.6 is 0 Å². The third-order valence-electron chi connectivity index (χ3n) is 3.00. The van der Waals surface area contributed by atoms with Gasteiger partial charge >= 0.3 is 5.97 Å². The Morgan fingerprint density at radius 2 is 1.83 bits per heavy atom. The number of hydrogen-bond acceptors (Lipinski definition) is 3. The summed E-state index contributed by atoms with van der Waals surface area (Å²) in [4.78, 5) is 22.6. The van der Waals surface area contributed by atoms with Gasteiger partial charge in [-0.3, -0.25) is 9.59 Å². The highest BCUT2D eigenvalue weighted by Crippen LogP contribution is 2.20. The van der Waals surface area contributed by atoms with E-state index in [4.69, 9.17) is 9.84 Å². The van der Waals surface area contributed by atoms with Gasteiger partial charge in [-0.1, -0.05) is 13.8 Å². The van der Waals surface area contributed by atoms with Crippen LogP contribution in [0.15, 0.2) is 0 Å². The summed E-state index contributed by atoms with van der Waals surface area (Å²) in [6.07, 6.45) is 0.259. The predicted octanol–water partition coefficient (Wildman–Crippen LogP) is 1.81. The highest BCUT2D eigenvalue weighted by atomic mass is 16.5. The van der Waals surface area contributed by atoms with Crippen LogP contribution in [0.2, 0.25) is 0 Å². The molecule has 106 valence electrons. The van der Waals surface area contributed by atoms with Crippen molar-refractivity contribution in [1.82, 2.24) is 5.32 Å². The van der Waals surface area contributed by atoms with Crippen molar-refractivity contribution in [1.29, 1.82) is 0 Å². The number of hydrogen-bond donors (Lipinski definition) is 2. The summed E-state index contributed by atoms with van der Waals surface area (Å²) in [5.74, 6) is -1.04. The zero-order chi connectivity index (χ0) is 14.3. The minimum absolute atomic E-state index is 0.0450. The molecule has 0 rings (SSSR count). The Morgan fingerprint density at radius 1 is 1.28 bits per heavy atom. The van der Waals surface area contributed by atoms with Gasteiger partial charge in [0.15, 0.2) is 0 Å². The van der Waals surface area contributed by atoms with Crippen molar-refractivity contribution in [3.8, 4) is 0 Å². The molecule has 0 aromatic heterocycles. The second-order valence-electron chi connectivity index (χ2n) is 5.36. The van der Waals surface area contributed by atoms with E-state index in [1.165, 1.54) is 0 Å². The Kier molecular flexibility index (Phi) is 6.91. The smallest absolute Gasteiger partial charge is 0.305 e. The lowest BCUT2D eigenvalue weighted by atomic mass is 9.85. The molecule has 0 saturated carbocycles. The fourth-order valence-electron chi connectivity index (χ4n) is 1.48. The molecule has 0 aliphatic heterocycles. The van der Waals surface area contributed by atoms with Gasteiger partial charge in [-0.25, -0.2) is 0 Å². The van der Waals surface area contributed by atoms with Crippen LogP contribution in [-0.4, -0.2) is 35.2 Å². The number of carbonyl (C=O) groups excluding carboxylic acids is 1. The average Bonchev–Trinajstić information content (AvgIpc) is 2.14. The fraction of sp³-hybridized carbons (Fsp3) is 0.846. The van der Waals surface area contributed by atoms with Gasteiger partial charge in [0.2, 0.25) is 5.91 Å². The maximum atomic E-state index is 11.7. The highest BCUT2D eigenvalue weighted by Gasteiger charge is 2.32. The van der Waals surface area contributed by atoms with Crippen molar-refractivity contribution in [2.75, 3.05) is 6.61 Å². The van der Waals surface area contributed by atoms with Crippen LogP contribution in [0.3, 0.4) is 0 Å². The number of nitrogens with one attached hydrogen (secondary N) is 1. The maximum absolute atomic E-state index is 11.7. The van der Waals surface area contributed by atoms with Crippen LogP contribution < -0.4 is 5.32 Å². The Bertz CT molecular complexity index is 289. The maximum Gasteiger partial charge on any atom is 0.305 e. The van der Waals surface area contributed by atoms with Gasteiger partial charge in [0.1, 0.15) is 0 Å². The van der Waals surface area contributed by atoms with Gasteiger partial charge in [-0.05, 0) is 26.7 Å². The second-order valence-corrected chi connectivity index (χ2v) is 5.36. The van der Waals surface area contributed by atoms with E-state index < -0.39 is 11.5 Å². The molecule has 1 atom stereocenters. The Labute approximate surface area is 109 Å². The molecular formula is C13H25NO4. The number of carboxylic acid groups (broad SMARTS) is 1. The molecule has 0 aliphatic carbocycles. The monoisotopic (exact) mass is 259 g/mol. The molecule has 5 heteroatoms. The molecule has 0 aromatic rings. The molecule has 0 spiro atoms. The summed E-state index contributed by atoms with van der Waals surface area (Å²) < 4.78 is 5.29. The van der Waals surface area contributed by atoms with Gasteiger partial charge in [0.25, 0.3) is 0 Å². The number of amides is 1. The summed E-state index contributed by atoms with van der Waals surface area (Å²) in [5, 5.41) is 11.7. The van der Waals surface area contributed by atoms with Crippen molar-refractivity contribution in [2.24, 2.45) is 5.92 Å². The van der Waals surface area contributed by atoms with Crippen molar-refractivity contribution < 1.29 is 19.4 Å². The second kappa shape index (κ2) is 7.36. The topological polar surface area (TPSA) is 75.6 Å². The third-order valence-corrected chi connectivity index (χ3v) is 3.00. The molecule has 0 radical (unpaired) electrons. The molecule has 1 unspecified atom stereocenters. The lowest BCUT2D eigenvalue weighted by Crippen LogP contribution is -2.51. The number of ether oxygens (including phenoxy) is 1. The van der Waals surface area contributed by atoms with E-state index in [9.17, 15) is 9.59 Å². The quantitative estimate of drug-likeness (QED) is 0.697. The lowest BCUT2D eigenvalue weighted by Gasteiger charge is -2.33. The summed E-state index contributed by atoms with van der Waals surface area (Å²) in [7, 11) is 0. The molecule has 18 heavy (non-hydrogen) atoms. The first-order chi connectivity index (χ1) is 8.17. The number of carboxylic acids is 1. The van der Waals surface area contributed by atoms with Crippen molar-refractivity contribution in [3.63, 3.8) is 0 Å². The van der Waals surface area contributed by atoms with Gasteiger partial charge in [0, 0.05) is 12.0 Å². The zero-order valence-electron chi connectivity index (χ0n) is 11.9. The van der Waals surface area contributed by atoms with Crippen LogP contribution in [0.5, 0.6) is 0 Å². The average molecular weight is 259 g/mol. The Morgan fingerprint density at radius 3 is 2.22 bits per heavy atom. The standard InChI is InChI=1S/C13H25NO4/c1-9(2)13(5,8-12(16)17)14-11(15)6-7-18-10(3)4/h9-10H,6-8H2,1-5H3,(H,14,15)(H,16,17). The minimum Gasteiger partial charge on any atom is -0.481 e. The summed E-state index contributed by atoms with van der Waals surface area (Å²) in [6.45, 7) is 9.71. The van der Waals surface area contributed by atoms with E-state index in [2.05, 4.69) is 5.32 Å². The minimum atomic E-state index is -0.912. The first kappa shape index (κ1) is 16.9. The molecule has 0 aromatic carbocycles. The van der Waals surface area contributed by atoms with Crippen LogP contribution in [0, 0.1) is 5.92 Å². The van der Waals surface area contributed by atoms with Crippen LogP contribution in [-0.2, 0) is 14.3 Å². The summed E-state index contributed by atoms with van der Waals surface area (Å²) >= 11 is 0. The molecule has 0 bridgehead atoms.